The van der Waals surface area contributed by atoms with Crippen LogP contribution in [0.25, 0.3) is 0 Å². The van der Waals surface area contributed by atoms with Gasteiger partial charge in [-0.1, -0.05) is 0 Å². The number of rotatable bonds is 3. The van der Waals surface area contributed by atoms with Crippen molar-refractivity contribution >= 4 is 0 Å². The average Bonchev–Trinajstić information content (AvgIpc) is 1.61. The van der Waals surface area contributed by atoms with Crippen molar-refractivity contribution in [1.82, 2.24) is 10.6 Å². The molecule has 0 aliphatic heterocycles. The molecule has 37 valence electrons. The summed E-state index contributed by atoms with van der Waals surface area (Å²) in [7, 11) is 3.74. The second-order valence-corrected chi connectivity index (χ2v) is 1.14. The van der Waals surface area contributed by atoms with Crippen molar-refractivity contribution in [3.63, 3.8) is 0 Å². The van der Waals surface area contributed by atoms with Gasteiger partial charge >= 0.3 is 0 Å². The van der Waals surface area contributed by atoms with E-state index in [4.69, 9.17) is 0 Å². The number of likely N-dealkylation sites (N-methyl/N-ethyl adjacent to an activating group) is 2. The SMILES string of the molecule is C[N]CCNC. The first-order valence-electron chi connectivity index (χ1n) is 2.12. The lowest BCUT2D eigenvalue weighted by atomic mass is 10.6. The van der Waals surface area contributed by atoms with Crippen LogP contribution in [0.5, 0.6) is 0 Å². The van der Waals surface area contributed by atoms with E-state index in [9.17, 15) is 0 Å². The molecular formula is C4H11N2. The Morgan fingerprint density at radius 3 is 2.50 bits per heavy atom. The third-order valence-electron chi connectivity index (χ3n) is 0.585. The fourth-order valence-electron chi connectivity index (χ4n) is 0.224. The van der Waals surface area contributed by atoms with Crippen molar-refractivity contribution in [2.24, 2.45) is 0 Å². The maximum Gasteiger partial charge on any atom is 0.0255 e. The number of hydrogen-bond donors (Lipinski definition) is 1. The fourth-order valence-corrected chi connectivity index (χ4v) is 0.224. The smallest absolute Gasteiger partial charge is 0.0255 e. The summed E-state index contributed by atoms with van der Waals surface area (Å²) in [6.45, 7) is 1.92. The van der Waals surface area contributed by atoms with Gasteiger partial charge in [-0.25, -0.2) is 5.32 Å². The minimum Gasteiger partial charge on any atom is -0.318 e. The van der Waals surface area contributed by atoms with Gasteiger partial charge in [0.25, 0.3) is 0 Å². The van der Waals surface area contributed by atoms with Crippen molar-refractivity contribution in [1.29, 1.82) is 0 Å². The quantitative estimate of drug-likeness (QED) is 0.459. The molecule has 0 aliphatic rings. The van der Waals surface area contributed by atoms with Gasteiger partial charge in [0.05, 0.1) is 0 Å². The largest absolute Gasteiger partial charge is 0.318 e. The van der Waals surface area contributed by atoms with Gasteiger partial charge in [-0.05, 0) is 7.05 Å². The first kappa shape index (κ1) is 5.92. The van der Waals surface area contributed by atoms with Gasteiger partial charge in [0, 0.05) is 20.1 Å². The highest BCUT2D eigenvalue weighted by Gasteiger charge is 1.72. The maximum atomic E-state index is 3.86. The van der Waals surface area contributed by atoms with Crippen LogP contribution in [-0.4, -0.2) is 27.2 Å². The summed E-state index contributed by atoms with van der Waals surface area (Å²) in [5, 5.41) is 6.84. The van der Waals surface area contributed by atoms with E-state index in [1.807, 2.05) is 14.1 Å². The Labute approximate surface area is 38.9 Å². The molecule has 1 N–H and O–H groups in total. The van der Waals surface area contributed by atoms with E-state index in [0.717, 1.165) is 13.1 Å². The van der Waals surface area contributed by atoms with E-state index in [-0.39, 0.29) is 0 Å². The Bertz CT molecular complexity index is 17.5. The molecule has 0 saturated carbocycles. The third-order valence-corrected chi connectivity index (χ3v) is 0.585. The highest BCUT2D eigenvalue weighted by Crippen LogP contribution is 1.48. The van der Waals surface area contributed by atoms with Crippen LogP contribution in [0.4, 0.5) is 0 Å². The van der Waals surface area contributed by atoms with Crippen LogP contribution in [0.3, 0.4) is 0 Å². The Morgan fingerprint density at radius 1 is 1.67 bits per heavy atom. The van der Waals surface area contributed by atoms with Gasteiger partial charge in [0.1, 0.15) is 0 Å². The Hall–Kier alpha value is -0.0800. The molecule has 0 aromatic rings. The van der Waals surface area contributed by atoms with E-state index >= 15 is 0 Å². The van der Waals surface area contributed by atoms with Gasteiger partial charge in [-0.3, -0.25) is 0 Å². The second-order valence-electron chi connectivity index (χ2n) is 1.14. The lowest BCUT2D eigenvalue weighted by Gasteiger charge is -1.90. The molecule has 0 spiro atoms. The van der Waals surface area contributed by atoms with E-state index in [2.05, 4.69) is 10.6 Å². The molecule has 0 atom stereocenters. The van der Waals surface area contributed by atoms with Crippen molar-refractivity contribution in [2.75, 3.05) is 27.2 Å². The standard InChI is InChI=1S/C4H11N2/c1-5-3-4-6-2/h5H,3-4H2,1-2H3. The molecule has 6 heavy (non-hydrogen) atoms. The molecule has 0 rings (SSSR count). The zero-order valence-electron chi connectivity index (χ0n) is 4.36. The van der Waals surface area contributed by atoms with Crippen molar-refractivity contribution in [2.45, 2.75) is 0 Å². The van der Waals surface area contributed by atoms with Crippen molar-refractivity contribution in [3.8, 4) is 0 Å². The van der Waals surface area contributed by atoms with Crippen LogP contribution in [0.2, 0.25) is 0 Å². The monoisotopic (exact) mass is 87.1 g/mol. The molecule has 0 unspecified atom stereocenters. The molecule has 2 nitrogen and oxygen atoms in total. The topological polar surface area (TPSA) is 26.1 Å². The van der Waals surface area contributed by atoms with Gasteiger partial charge in [0.2, 0.25) is 0 Å². The van der Waals surface area contributed by atoms with Crippen LogP contribution in [0, 0.1) is 0 Å². The van der Waals surface area contributed by atoms with Crippen LogP contribution >= 0.6 is 0 Å². The normalized spacial score (nSPS) is 9.00. The molecule has 0 aliphatic carbocycles. The average molecular weight is 87.1 g/mol. The number of nitrogens with zero attached hydrogens (tertiary/aromatic N) is 1. The van der Waals surface area contributed by atoms with Crippen LogP contribution in [0.1, 0.15) is 0 Å². The summed E-state index contributed by atoms with van der Waals surface area (Å²) in [4.78, 5) is 0. The molecule has 0 aromatic carbocycles. The molecule has 2 heteroatoms. The van der Waals surface area contributed by atoms with Gasteiger partial charge in [-0.2, -0.15) is 0 Å². The second kappa shape index (κ2) is 4.92. The van der Waals surface area contributed by atoms with Crippen LogP contribution in [-0.2, 0) is 0 Å². The molecule has 0 fully saturated rings. The highest BCUT2D eigenvalue weighted by atomic mass is 14.9. The molecule has 0 amide bonds. The lowest BCUT2D eigenvalue weighted by Crippen LogP contribution is -2.16. The van der Waals surface area contributed by atoms with E-state index in [1.165, 1.54) is 0 Å². The first-order valence-corrected chi connectivity index (χ1v) is 2.12. The zero-order chi connectivity index (χ0) is 4.83. The summed E-state index contributed by atoms with van der Waals surface area (Å²) >= 11 is 0. The maximum absolute atomic E-state index is 3.86. The predicted octanol–water partition coefficient (Wildman–Crippen LogP) is -0.560. The molecule has 0 bridgehead atoms. The lowest BCUT2D eigenvalue weighted by molar-refractivity contribution is 0.708. The number of hydrogen-bond acceptors (Lipinski definition) is 1. The minimum atomic E-state index is 0.927. The predicted molar refractivity (Wildman–Crippen MR) is 26.9 cm³/mol. The highest BCUT2D eigenvalue weighted by molar-refractivity contribution is 4.38. The van der Waals surface area contributed by atoms with Gasteiger partial charge in [-0.15, -0.1) is 0 Å². The molecule has 0 saturated heterocycles. The zero-order valence-corrected chi connectivity index (χ0v) is 4.36. The third kappa shape index (κ3) is 3.92. The summed E-state index contributed by atoms with van der Waals surface area (Å²) in [6, 6.07) is 0. The Kier molecular flexibility index (Phi) is 4.85. The molecule has 0 heterocycles. The summed E-state index contributed by atoms with van der Waals surface area (Å²) in [5.74, 6) is 0. The Morgan fingerprint density at radius 2 is 2.33 bits per heavy atom. The summed E-state index contributed by atoms with van der Waals surface area (Å²) in [5.41, 5.74) is 0. The number of nitrogens with one attached hydrogen (secondary N) is 1. The van der Waals surface area contributed by atoms with Crippen LogP contribution < -0.4 is 10.6 Å². The molecule has 0 aromatic heterocycles. The summed E-state index contributed by atoms with van der Waals surface area (Å²) in [6.07, 6.45) is 0. The van der Waals surface area contributed by atoms with Gasteiger partial charge < -0.3 is 5.32 Å². The van der Waals surface area contributed by atoms with Crippen LogP contribution in [0.15, 0.2) is 0 Å². The molecular weight excluding hydrogens is 76.1 g/mol. The van der Waals surface area contributed by atoms with Crippen molar-refractivity contribution < 1.29 is 0 Å². The summed E-state index contributed by atoms with van der Waals surface area (Å²) < 4.78 is 0. The van der Waals surface area contributed by atoms with Crippen molar-refractivity contribution in [3.05, 3.63) is 0 Å². The fraction of sp³-hybridized carbons (Fsp3) is 1.00. The Balaban J connectivity index is 2.34. The van der Waals surface area contributed by atoms with E-state index < -0.39 is 0 Å². The van der Waals surface area contributed by atoms with E-state index in [0.29, 0.717) is 0 Å². The minimum absolute atomic E-state index is 0.927. The first-order chi connectivity index (χ1) is 2.91. The molecule has 1 radical (unpaired) electrons. The van der Waals surface area contributed by atoms with Gasteiger partial charge in [0.15, 0.2) is 0 Å². The van der Waals surface area contributed by atoms with E-state index in [1.54, 1.807) is 0 Å².